The van der Waals surface area contributed by atoms with Crippen LogP contribution in [0, 0.1) is 6.92 Å². The van der Waals surface area contributed by atoms with Crippen LogP contribution < -0.4 is 15.2 Å². The summed E-state index contributed by atoms with van der Waals surface area (Å²) in [6, 6.07) is 12.6. The molecule has 0 amide bonds. The Morgan fingerprint density at radius 3 is 2.46 bits per heavy atom. The number of nitrogens with two attached hydrogens (primary N) is 1. The number of H-pyrrole nitrogens is 1. The average Bonchev–Trinajstić information content (AvgIpc) is 3.08. The number of aromatic amines is 1. The minimum atomic E-state index is 0.726. The molecule has 1 heterocycles. The molecule has 2 aromatic carbocycles. The molecule has 0 unspecified atom stereocenters. The van der Waals surface area contributed by atoms with E-state index in [9.17, 15) is 0 Å². The van der Waals surface area contributed by atoms with Gasteiger partial charge in [-0.05, 0) is 92.2 Å². The molecule has 0 aliphatic rings. The van der Waals surface area contributed by atoms with E-state index < -0.39 is 0 Å². The quantitative estimate of drug-likeness (QED) is 0.449. The first kappa shape index (κ1) is 20.3. The van der Waals surface area contributed by atoms with E-state index in [0.29, 0.717) is 0 Å². The van der Waals surface area contributed by atoms with Gasteiger partial charge in [-0.15, -0.1) is 0 Å². The Bertz CT molecular complexity index is 897. The van der Waals surface area contributed by atoms with Gasteiger partial charge in [-0.3, -0.25) is 0 Å². The number of hydrogen-bond donors (Lipinski definition) is 2. The molecule has 0 spiro atoms. The van der Waals surface area contributed by atoms with Crippen molar-refractivity contribution in [2.45, 2.75) is 46.0 Å². The summed E-state index contributed by atoms with van der Waals surface area (Å²) in [6.07, 6.45) is 5.32. The molecule has 0 bridgehead atoms. The summed E-state index contributed by atoms with van der Waals surface area (Å²) >= 11 is 0. The zero-order valence-corrected chi connectivity index (χ0v) is 17.3. The summed E-state index contributed by atoms with van der Waals surface area (Å²) in [5.41, 5.74) is 11.8. The minimum absolute atomic E-state index is 0.726. The highest BCUT2D eigenvalue weighted by Gasteiger charge is 2.16. The Labute approximate surface area is 168 Å². The molecule has 4 nitrogen and oxygen atoms in total. The number of ether oxygens (including phenoxy) is 2. The fourth-order valence-electron chi connectivity index (χ4n) is 3.62. The molecule has 0 fully saturated rings. The number of hydrogen-bond acceptors (Lipinski definition) is 3. The predicted octanol–water partition coefficient (Wildman–Crippen LogP) is 5.61. The normalized spacial score (nSPS) is 11.1. The Morgan fingerprint density at radius 2 is 1.79 bits per heavy atom. The van der Waals surface area contributed by atoms with Crippen molar-refractivity contribution in [2.75, 3.05) is 20.3 Å². The fraction of sp³-hybridized carbons (Fsp3) is 0.417. The van der Waals surface area contributed by atoms with Gasteiger partial charge in [0.05, 0.1) is 13.7 Å². The zero-order valence-electron chi connectivity index (χ0n) is 17.3. The molecule has 28 heavy (non-hydrogen) atoms. The highest BCUT2D eigenvalue weighted by Crippen LogP contribution is 2.36. The first-order valence-corrected chi connectivity index (χ1v) is 10.3. The van der Waals surface area contributed by atoms with Crippen LogP contribution in [0.3, 0.4) is 0 Å². The van der Waals surface area contributed by atoms with Crippen molar-refractivity contribution in [3.63, 3.8) is 0 Å². The van der Waals surface area contributed by atoms with Crippen LogP contribution in [-0.2, 0) is 6.42 Å². The Balaban J connectivity index is 1.98. The lowest BCUT2D eigenvalue weighted by atomic mass is 9.99. The van der Waals surface area contributed by atoms with Gasteiger partial charge in [-0.25, -0.2) is 0 Å². The van der Waals surface area contributed by atoms with E-state index in [0.717, 1.165) is 56.8 Å². The van der Waals surface area contributed by atoms with Crippen LogP contribution in [0.1, 0.15) is 43.7 Å². The van der Waals surface area contributed by atoms with Crippen molar-refractivity contribution in [2.24, 2.45) is 5.73 Å². The molecule has 150 valence electrons. The number of fused-ring (bicyclic) bond motifs is 1. The molecule has 4 heteroatoms. The second-order valence-corrected chi connectivity index (χ2v) is 7.32. The summed E-state index contributed by atoms with van der Waals surface area (Å²) < 4.78 is 11.3. The smallest absolute Gasteiger partial charge is 0.119 e. The number of benzene rings is 2. The van der Waals surface area contributed by atoms with Crippen LogP contribution in [0.4, 0.5) is 0 Å². The van der Waals surface area contributed by atoms with Gasteiger partial charge < -0.3 is 20.2 Å². The number of aryl methyl sites for hydroxylation is 2. The van der Waals surface area contributed by atoms with Crippen molar-refractivity contribution in [3.05, 3.63) is 47.5 Å². The lowest BCUT2D eigenvalue weighted by Gasteiger charge is -2.08. The Morgan fingerprint density at radius 1 is 1.00 bits per heavy atom. The van der Waals surface area contributed by atoms with Gasteiger partial charge in [0.15, 0.2) is 0 Å². The van der Waals surface area contributed by atoms with E-state index in [4.69, 9.17) is 15.2 Å². The monoisotopic (exact) mass is 380 g/mol. The van der Waals surface area contributed by atoms with Gasteiger partial charge in [0.2, 0.25) is 0 Å². The number of unbranched alkanes of at least 4 members (excludes halogenated alkanes) is 2. The van der Waals surface area contributed by atoms with Gasteiger partial charge in [-0.1, -0.05) is 13.3 Å². The van der Waals surface area contributed by atoms with E-state index in [1.54, 1.807) is 7.11 Å². The van der Waals surface area contributed by atoms with Crippen molar-refractivity contribution in [1.82, 2.24) is 4.98 Å². The molecular formula is C24H32N2O2. The van der Waals surface area contributed by atoms with Gasteiger partial charge in [0.1, 0.15) is 11.5 Å². The maximum Gasteiger partial charge on any atom is 0.119 e. The topological polar surface area (TPSA) is 60.3 Å². The number of nitrogens with one attached hydrogen (secondary N) is 1. The second-order valence-electron chi connectivity index (χ2n) is 7.32. The third kappa shape index (κ3) is 4.50. The van der Waals surface area contributed by atoms with E-state index in [1.165, 1.54) is 33.3 Å². The summed E-state index contributed by atoms with van der Waals surface area (Å²) in [5, 5.41) is 1.24. The van der Waals surface area contributed by atoms with Crippen LogP contribution in [0.25, 0.3) is 22.2 Å². The lowest BCUT2D eigenvalue weighted by Crippen LogP contribution is -1.99. The Hall–Kier alpha value is -2.46. The molecule has 1 aromatic heterocycles. The van der Waals surface area contributed by atoms with Gasteiger partial charge in [-0.2, -0.15) is 0 Å². The van der Waals surface area contributed by atoms with Gasteiger partial charge in [0, 0.05) is 16.6 Å². The van der Waals surface area contributed by atoms with Gasteiger partial charge in [0.25, 0.3) is 0 Å². The molecule has 0 saturated carbocycles. The first-order chi connectivity index (χ1) is 13.7. The summed E-state index contributed by atoms with van der Waals surface area (Å²) in [5.74, 6) is 1.83. The molecule has 3 N–H and O–H groups in total. The second kappa shape index (κ2) is 9.65. The van der Waals surface area contributed by atoms with Crippen LogP contribution >= 0.6 is 0 Å². The number of aromatic nitrogens is 1. The highest BCUT2D eigenvalue weighted by molar-refractivity contribution is 5.93. The molecule has 0 atom stereocenters. The van der Waals surface area contributed by atoms with Crippen LogP contribution in [0.2, 0.25) is 0 Å². The Kier molecular flexibility index (Phi) is 6.99. The largest absolute Gasteiger partial charge is 0.497 e. The van der Waals surface area contributed by atoms with E-state index in [2.05, 4.69) is 55.2 Å². The van der Waals surface area contributed by atoms with E-state index in [1.807, 2.05) is 0 Å². The van der Waals surface area contributed by atoms with E-state index in [-0.39, 0.29) is 0 Å². The number of methoxy groups -OCH3 is 1. The molecule has 0 saturated heterocycles. The molecule has 3 aromatic rings. The molecule has 3 rings (SSSR count). The predicted molar refractivity (Wildman–Crippen MR) is 117 cm³/mol. The SMILES string of the molecule is CCCCOc1ccc(-c2[nH]c3c(C)cc(OC)cc3c2CCCCN)cc1. The van der Waals surface area contributed by atoms with Crippen molar-refractivity contribution >= 4 is 10.9 Å². The van der Waals surface area contributed by atoms with E-state index >= 15 is 0 Å². The van der Waals surface area contributed by atoms with Gasteiger partial charge >= 0.3 is 0 Å². The minimum Gasteiger partial charge on any atom is -0.497 e. The molecule has 0 aliphatic carbocycles. The maximum absolute atomic E-state index is 5.81. The summed E-state index contributed by atoms with van der Waals surface area (Å²) in [6.45, 7) is 5.79. The first-order valence-electron chi connectivity index (χ1n) is 10.3. The van der Waals surface area contributed by atoms with Crippen molar-refractivity contribution in [1.29, 1.82) is 0 Å². The fourth-order valence-corrected chi connectivity index (χ4v) is 3.62. The summed E-state index contributed by atoms with van der Waals surface area (Å²) in [4.78, 5) is 3.67. The third-order valence-corrected chi connectivity index (χ3v) is 5.21. The van der Waals surface area contributed by atoms with Crippen LogP contribution in [0.15, 0.2) is 36.4 Å². The van der Waals surface area contributed by atoms with Crippen LogP contribution in [-0.4, -0.2) is 25.2 Å². The van der Waals surface area contributed by atoms with Crippen LogP contribution in [0.5, 0.6) is 11.5 Å². The van der Waals surface area contributed by atoms with Crippen molar-refractivity contribution in [3.8, 4) is 22.8 Å². The lowest BCUT2D eigenvalue weighted by molar-refractivity contribution is 0.309. The zero-order chi connectivity index (χ0) is 19.9. The third-order valence-electron chi connectivity index (χ3n) is 5.21. The molecule has 0 radical (unpaired) electrons. The highest BCUT2D eigenvalue weighted by atomic mass is 16.5. The molecular weight excluding hydrogens is 348 g/mol. The van der Waals surface area contributed by atoms with Crippen molar-refractivity contribution < 1.29 is 9.47 Å². The average molecular weight is 381 g/mol. The number of rotatable bonds is 10. The summed E-state index contributed by atoms with van der Waals surface area (Å²) in [7, 11) is 1.72. The maximum atomic E-state index is 5.81. The standard InChI is InChI=1S/C24H32N2O2/c1-4-5-14-28-19-11-9-18(10-12-19)24-21(8-6-7-13-25)22-16-20(27-3)15-17(2)23(22)26-24/h9-12,15-16,26H,4-8,13-14,25H2,1-3H3. The molecule has 0 aliphatic heterocycles.